The molecule has 3 nitrogen and oxygen atoms in total. The highest BCUT2D eigenvalue weighted by atomic mass is 16.3. The third-order valence-corrected chi connectivity index (χ3v) is 12.8. The second-order valence-electron chi connectivity index (χ2n) is 16.4. The largest absolute Gasteiger partial charge is 0.455 e. The topological polar surface area (TPSA) is 38.9 Å². The first-order valence-corrected chi connectivity index (χ1v) is 21.5. The number of hydrogen-bond donors (Lipinski definition) is 0. The number of rotatable bonds is 5. The molecule has 0 saturated heterocycles. The number of nitrogens with zero attached hydrogens (tertiary/aromatic N) is 2. The lowest BCUT2D eigenvalue weighted by atomic mass is 9.90. The highest BCUT2D eigenvalue weighted by Crippen LogP contribution is 2.47. The van der Waals surface area contributed by atoms with Crippen molar-refractivity contribution >= 4 is 75.8 Å². The summed E-state index contributed by atoms with van der Waals surface area (Å²) in [6.45, 7) is 0. The maximum Gasteiger partial charge on any atom is 0.161 e. The molecule has 3 heteroatoms. The molecule has 0 unspecified atom stereocenters. The van der Waals surface area contributed by atoms with Gasteiger partial charge in [0.05, 0.1) is 11.4 Å². The first-order valence-electron chi connectivity index (χ1n) is 21.5. The molecule has 0 bridgehead atoms. The summed E-state index contributed by atoms with van der Waals surface area (Å²) in [6.07, 6.45) is 0. The number of furan rings is 1. The van der Waals surface area contributed by atoms with Gasteiger partial charge in [-0.2, -0.15) is 0 Å². The summed E-state index contributed by atoms with van der Waals surface area (Å²) in [4.78, 5) is 11.2. The lowest BCUT2D eigenvalue weighted by molar-refractivity contribution is 0.673. The highest BCUT2D eigenvalue weighted by molar-refractivity contribution is 6.34. The maximum absolute atomic E-state index is 7.14. The van der Waals surface area contributed by atoms with Crippen molar-refractivity contribution in [1.29, 1.82) is 0 Å². The van der Waals surface area contributed by atoms with Crippen LogP contribution in [-0.2, 0) is 0 Å². The molecule has 0 saturated carbocycles. The molecular formula is C60H36N2O. The fraction of sp³-hybridized carbons (Fsp3) is 0. The van der Waals surface area contributed by atoms with Crippen LogP contribution in [0.15, 0.2) is 223 Å². The Kier molecular flexibility index (Phi) is 7.91. The third kappa shape index (κ3) is 5.67. The quantitative estimate of drug-likeness (QED) is 0.163. The van der Waals surface area contributed by atoms with E-state index in [0.717, 1.165) is 98.8 Å². The molecule has 0 N–H and O–H groups in total. The summed E-state index contributed by atoms with van der Waals surface area (Å²) in [5, 5.41) is 13.6. The standard InChI is InChI=1S/C60H36N2O/c1-3-16-37(17-4-1)39-22-15-23-42(32-39)54-36-55(49-31-30-43(38-18-5-2-6-19-38)44-24-9-11-26-46(44)49)62-60(61-54)53-35-51-48-28-12-10-25-45(48)47-27-13-14-29-50(47)57(51)59-58(53)52-33-40-20-7-8-21-41(40)34-56(52)63-59/h1-36H. The molecule has 2 heterocycles. The van der Waals surface area contributed by atoms with Crippen LogP contribution in [-0.4, -0.2) is 9.97 Å². The molecule has 0 amide bonds. The van der Waals surface area contributed by atoms with E-state index in [4.69, 9.17) is 14.4 Å². The highest BCUT2D eigenvalue weighted by Gasteiger charge is 2.24. The Hall–Kier alpha value is -8.40. The number of aromatic nitrogens is 2. The van der Waals surface area contributed by atoms with Crippen molar-refractivity contribution in [3.05, 3.63) is 218 Å². The van der Waals surface area contributed by atoms with Crippen molar-refractivity contribution < 1.29 is 4.42 Å². The average molecular weight is 801 g/mol. The van der Waals surface area contributed by atoms with E-state index >= 15 is 0 Å². The minimum atomic E-state index is 0.642. The maximum atomic E-state index is 7.14. The van der Waals surface area contributed by atoms with Gasteiger partial charge in [-0.15, -0.1) is 0 Å². The predicted molar refractivity (Wildman–Crippen MR) is 264 cm³/mol. The molecule has 63 heavy (non-hydrogen) atoms. The Morgan fingerprint density at radius 1 is 0.286 bits per heavy atom. The van der Waals surface area contributed by atoms with Gasteiger partial charge >= 0.3 is 0 Å². The lowest BCUT2D eigenvalue weighted by Crippen LogP contribution is -1.98. The fourth-order valence-electron chi connectivity index (χ4n) is 9.92. The minimum absolute atomic E-state index is 0.642. The molecule has 0 aliphatic carbocycles. The average Bonchev–Trinajstić information content (AvgIpc) is 3.73. The fourth-order valence-corrected chi connectivity index (χ4v) is 9.92. The monoisotopic (exact) mass is 800 g/mol. The van der Waals surface area contributed by atoms with Crippen molar-refractivity contribution in [3.8, 4) is 56.2 Å². The van der Waals surface area contributed by atoms with E-state index in [1.54, 1.807) is 0 Å². The molecule has 0 fully saturated rings. The van der Waals surface area contributed by atoms with E-state index in [1.807, 2.05) is 0 Å². The number of benzene rings is 11. The SMILES string of the molecule is c1ccc(-c2cccc(-c3cc(-c4ccc(-c5ccccc5)c5ccccc45)nc(-c4cc5c6ccccc6c6ccccc6c5c5oc6cc7ccccc7cc6c45)n3)c2)cc1. The molecule has 13 rings (SSSR count). The molecule has 0 spiro atoms. The molecule has 0 aliphatic heterocycles. The summed E-state index contributed by atoms with van der Waals surface area (Å²) in [6, 6.07) is 77.9. The minimum Gasteiger partial charge on any atom is -0.455 e. The van der Waals surface area contributed by atoms with Crippen molar-refractivity contribution in [2.45, 2.75) is 0 Å². The van der Waals surface area contributed by atoms with E-state index < -0.39 is 0 Å². The Morgan fingerprint density at radius 2 is 0.825 bits per heavy atom. The van der Waals surface area contributed by atoms with Gasteiger partial charge in [-0.1, -0.05) is 188 Å². The van der Waals surface area contributed by atoms with Crippen LogP contribution in [0.5, 0.6) is 0 Å². The second kappa shape index (κ2) is 14.1. The molecule has 2 aromatic heterocycles. The van der Waals surface area contributed by atoms with Gasteiger partial charge in [0.25, 0.3) is 0 Å². The van der Waals surface area contributed by atoms with Gasteiger partial charge in [0.15, 0.2) is 5.82 Å². The van der Waals surface area contributed by atoms with Crippen molar-refractivity contribution in [2.75, 3.05) is 0 Å². The molecule has 0 atom stereocenters. The third-order valence-electron chi connectivity index (χ3n) is 12.8. The van der Waals surface area contributed by atoms with E-state index in [-0.39, 0.29) is 0 Å². The lowest BCUT2D eigenvalue weighted by Gasteiger charge is -2.16. The van der Waals surface area contributed by atoms with Gasteiger partial charge in [0.1, 0.15) is 11.2 Å². The van der Waals surface area contributed by atoms with Gasteiger partial charge in [0, 0.05) is 32.8 Å². The van der Waals surface area contributed by atoms with E-state index in [9.17, 15) is 0 Å². The van der Waals surface area contributed by atoms with Crippen molar-refractivity contribution in [2.24, 2.45) is 0 Å². The first-order chi connectivity index (χ1) is 31.2. The van der Waals surface area contributed by atoms with Crippen LogP contribution in [0.25, 0.3) is 132 Å². The second-order valence-corrected chi connectivity index (χ2v) is 16.4. The summed E-state index contributed by atoms with van der Waals surface area (Å²) in [5.41, 5.74) is 11.0. The van der Waals surface area contributed by atoms with Crippen molar-refractivity contribution in [3.63, 3.8) is 0 Å². The molecular weight excluding hydrogens is 765 g/mol. The smallest absolute Gasteiger partial charge is 0.161 e. The van der Waals surface area contributed by atoms with Crippen LogP contribution < -0.4 is 0 Å². The van der Waals surface area contributed by atoms with Gasteiger partial charge in [-0.3, -0.25) is 0 Å². The Balaban J connectivity index is 1.16. The van der Waals surface area contributed by atoms with Crippen LogP contribution in [0.1, 0.15) is 0 Å². The molecule has 0 radical (unpaired) electrons. The Morgan fingerprint density at radius 3 is 1.57 bits per heavy atom. The van der Waals surface area contributed by atoms with E-state index in [0.29, 0.717) is 5.82 Å². The summed E-state index contributed by atoms with van der Waals surface area (Å²) in [5.74, 6) is 0.642. The predicted octanol–water partition coefficient (Wildman–Crippen LogP) is 16.5. The van der Waals surface area contributed by atoms with E-state index in [1.165, 1.54) is 27.3 Å². The van der Waals surface area contributed by atoms with Crippen LogP contribution in [0, 0.1) is 0 Å². The van der Waals surface area contributed by atoms with Crippen LogP contribution in [0.4, 0.5) is 0 Å². The zero-order chi connectivity index (χ0) is 41.4. The summed E-state index contributed by atoms with van der Waals surface area (Å²) >= 11 is 0. The Labute approximate surface area is 363 Å². The summed E-state index contributed by atoms with van der Waals surface area (Å²) < 4.78 is 7.14. The molecule has 11 aromatic carbocycles. The number of hydrogen-bond acceptors (Lipinski definition) is 3. The first kappa shape index (κ1) is 35.4. The van der Waals surface area contributed by atoms with Crippen LogP contribution in [0.3, 0.4) is 0 Å². The van der Waals surface area contributed by atoms with Gasteiger partial charge in [-0.05, 0) is 101 Å². The molecule has 13 aromatic rings. The van der Waals surface area contributed by atoms with Gasteiger partial charge in [0.2, 0.25) is 0 Å². The molecule has 0 aliphatic rings. The van der Waals surface area contributed by atoms with Crippen LogP contribution >= 0.6 is 0 Å². The number of fused-ring (bicyclic) bond motifs is 12. The molecule has 292 valence electrons. The van der Waals surface area contributed by atoms with E-state index in [2.05, 4.69) is 218 Å². The van der Waals surface area contributed by atoms with Gasteiger partial charge < -0.3 is 4.42 Å². The van der Waals surface area contributed by atoms with Gasteiger partial charge in [-0.25, -0.2) is 9.97 Å². The Bertz CT molecular complexity index is 3960. The van der Waals surface area contributed by atoms with Crippen LogP contribution in [0.2, 0.25) is 0 Å². The summed E-state index contributed by atoms with van der Waals surface area (Å²) in [7, 11) is 0. The van der Waals surface area contributed by atoms with Crippen molar-refractivity contribution in [1.82, 2.24) is 9.97 Å². The normalized spacial score (nSPS) is 11.8. The zero-order valence-electron chi connectivity index (χ0n) is 34.1. The zero-order valence-corrected chi connectivity index (χ0v) is 34.1.